The lowest BCUT2D eigenvalue weighted by molar-refractivity contribution is 0.0555. The van der Waals surface area contributed by atoms with Gasteiger partial charge in [-0.1, -0.05) is 0 Å². The van der Waals surface area contributed by atoms with Crippen LogP contribution in [0.2, 0.25) is 0 Å². The van der Waals surface area contributed by atoms with Crippen molar-refractivity contribution in [1.82, 2.24) is 5.43 Å². The molecule has 0 fully saturated rings. The molecule has 0 saturated carbocycles. The summed E-state index contributed by atoms with van der Waals surface area (Å²) in [4.78, 5) is 0. The van der Waals surface area contributed by atoms with Gasteiger partial charge >= 0.3 is 0 Å². The number of nitrogens with two attached hydrogens (primary N) is 1. The lowest BCUT2D eigenvalue weighted by Gasteiger charge is -2.13. The fourth-order valence-corrected chi connectivity index (χ4v) is 1.05. The normalized spacial score (nSPS) is 13.0. The molecule has 0 radical (unpaired) electrons. The summed E-state index contributed by atoms with van der Waals surface area (Å²) in [6.45, 7) is 1.60. The van der Waals surface area contributed by atoms with Crippen LogP contribution in [0.25, 0.3) is 0 Å². The minimum Gasteiger partial charge on any atom is -0.468 e. The van der Waals surface area contributed by atoms with Gasteiger partial charge < -0.3 is 13.9 Å². The Morgan fingerprint density at radius 1 is 1.57 bits per heavy atom. The van der Waals surface area contributed by atoms with Crippen LogP contribution in [0.1, 0.15) is 11.8 Å². The summed E-state index contributed by atoms with van der Waals surface area (Å²) in [6, 6.07) is 3.56. The van der Waals surface area contributed by atoms with E-state index in [1.165, 1.54) is 0 Å². The largest absolute Gasteiger partial charge is 0.468 e. The molecule has 0 aromatic carbocycles. The number of ether oxygens (including phenoxy) is 2. The van der Waals surface area contributed by atoms with Crippen LogP contribution >= 0.6 is 0 Å². The molecule has 1 rings (SSSR count). The molecule has 5 heteroatoms. The van der Waals surface area contributed by atoms with Crippen molar-refractivity contribution in [3.8, 4) is 0 Å². The molecule has 3 N–H and O–H groups in total. The summed E-state index contributed by atoms with van der Waals surface area (Å²) < 4.78 is 15.4. The molecule has 1 atom stereocenters. The third kappa shape index (κ3) is 3.47. The van der Waals surface area contributed by atoms with Crippen molar-refractivity contribution in [3.05, 3.63) is 24.2 Å². The van der Waals surface area contributed by atoms with E-state index in [-0.39, 0.29) is 6.04 Å². The maximum Gasteiger partial charge on any atom is 0.124 e. The van der Waals surface area contributed by atoms with Crippen LogP contribution < -0.4 is 11.3 Å². The van der Waals surface area contributed by atoms with Gasteiger partial charge in [-0.2, -0.15) is 0 Å². The van der Waals surface area contributed by atoms with E-state index in [1.807, 2.05) is 12.1 Å². The molecular formula is C9H16N2O3. The predicted octanol–water partition coefficient (Wildman–Crippen LogP) is 0.447. The maximum atomic E-state index is 5.36. The van der Waals surface area contributed by atoms with Gasteiger partial charge in [0.05, 0.1) is 26.1 Å². The van der Waals surface area contributed by atoms with Crippen LogP contribution in [-0.2, 0) is 9.47 Å². The fraction of sp³-hybridized carbons (Fsp3) is 0.556. The summed E-state index contributed by atoms with van der Waals surface area (Å²) in [6.07, 6.45) is 1.61. The highest BCUT2D eigenvalue weighted by molar-refractivity contribution is 5.03. The smallest absolute Gasteiger partial charge is 0.124 e. The molecule has 0 aliphatic carbocycles. The molecule has 14 heavy (non-hydrogen) atoms. The Bertz CT molecular complexity index is 226. The lowest BCUT2D eigenvalue weighted by Crippen LogP contribution is -2.31. The van der Waals surface area contributed by atoms with E-state index in [9.17, 15) is 0 Å². The Morgan fingerprint density at radius 3 is 3.00 bits per heavy atom. The summed E-state index contributed by atoms with van der Waals surface area (Å²) in [7, 11) is 1.63. The molecule has 1 heterocycles. The topological polar surface area (TPSA) is 69.7 Å². The molecule has 80 valence electrons. The zero-order valence-electron chi connectivity index (χ0n) is 8.23. The Kier molecular flexibility index (Phi) is 5.24. The molecule has 0 saturated heterocycles. The van der Waals surface area contributed by atoms with E-state index in [0.717, 1.165) is 5.76 Å². The predicted molar refractivity (Wildman–Crippen MR) is 51.5 cm³/mol. The van der Waals surface area contributed by atoms with Crippen molar-refractivity contribution in [2.75, 3.05) is 26.9 Å². The van der Waals surface area contributed by atoms with E-state index >= 15 is 0 Å². The van der Waals surface area contributed by atoms with Gasteiger partial charge in [-0.05, 0) is 12.1 Å². The molecule has 0 spiro atoms. The number of hydrogen-bond acceptors (Lipinski definition) is 5. The molecule has 1 aromatic heterocycles. The molecule has 0 bridgehead atoms. The monoisotopic (exact) mass is 200 g/mol. The van der Waals surface area contributed by atoms with E-state index in [1.54, 1.807) is 13.4 Å². The molecule has 5 nitrogen and oxygen atoms in total. The third-order valence-electron chi connectivity index (χ3n) is 1.80. The Balaban J connectivity index is 2.26. The number of hydrazine groups is 1. The Morgan fingerprint density at radius 2 is 2.43 bits per heavy atom. The van der Waals surface area contributed by atoms with Crippen molar-refractivity contribution in [1.29, 1.82) is 0 Å². The van der Waals surface area contributed by atoms with Crippen LogP contribution in [0.3, 0.4) is 0 Å². The number of hydrogen-bond donors (Lipinski definition) is 2. The minimum atomic E-state index is -0.109. The summed E-state index contributed by atoms with van der Waals surface area (Å²) in [5, 5.41) is 0. The van der Waals surface area contributed by atoms with Gasteiger partial charge in [0.2, 0.25) is 0 Å². The summed E-state index contributed by atoms with van der Waals surface area (Å²) in [5.41, 5.74) is 2.62. The van der Waals surface area contributed by atoms with E-state index in [0.29, 0.717) is 19.8 Å². The standard InChI is InChI=1S/C9H16N2O3/c1-12-5-6-13-7-8(11-10)9-3-2-4-14-9/h2-4,8,11H,5-7,10H2,1H3. The van der Waals surface area contributed by atoms with Gasteiger partial charge in [-0.3, -0.25) is 5.84 Å². The molecule has 0 aliphatic rings. The second-order valence-corrected chi connectivity index (χ2v) is 2.80. The maximum absolute atomic E-state index is 5.36. The Labute approximate surface area is 83.1 Å². The van der Waals surface area contributed by atoms with E-state index in [2.05, 4.69) is 5.43 Å². The minimum absolute atomic E-state index is 0.109. The first-order valence-corrected chi connectivity index (χ1v) is 4.44. The summed E-state index contributed by atoms with van der Waals surface area (Å²) in [5.74, 6) is 6.13. The van der Waals surface area contributed by atoms with Gasteiger partial charge in [0.15, 0.2) is 0 Å². The average molecular weight is 200 g/mol. The zero-order chi connectivity index (χ0) is 10.2. The van der Waals surface area contributed by atoms with Crippen LogP contribution in [0.4, 0.5) is 0 Å². The van der Waals surface area contributed by atoms with Gasteiger partial charge in [0.25, 0.3) is 0 Å². The zero-order valence-corrected chi connectivity index (χ0v) is 8.23. The first-order valence-electron chi connectivity index (χ1n) is 4.44. The van der Waals surface area contributed by atoms with Gasteiger partial charge in [-0.25, -0.2) is 5.43 Å². The first kappa shape index (κ1) is 11.2. The number of rotatable bonds is 7. The molecule has 0 amide bonds. The quantitative estimate of drug-likeness (QED) is 0.380. The highest BCUT2D eigenvalue weighted by atomic mass is 16.5. The van der Waals surface area contributed by atoms with Crippen molar-refractivity contribution in [2.24, 2.45) is 5.84 Å². The number of nitrogens with one attached hydrogen (secondary N) is 1. The van der Waals surface area contributed by atoms with Crippen LogP contribution in [0.15, 0.2) is 22.8 Å². The molecule has 0 aliphatic heterocycles. The van der Waals surface area contributed by atoms with Crippen LogP contribution in [0.5, 0.6) is 0 Å². The lowest BCUT2D eigenvalue weighted by atomic mass is 10.2. The number of furan rings is 1. The average Bonchev–Trinajstić information content (AvgIpc) is 2.71. The highest BCUT2D eigenvalue weighted by Crippen LogP contribution is 2.12. The Hall–Kier alpha value is -0.880. The second kappa shape index (κ2) is 6.56. The molecule has 1 aromatic rings. The highest BCUT2D eigenvalue weighted by Gasteiger charge is 2.11. The van der Waals surface area contributed by atoms with Crippen LogP contribution in [0, 0.1) is 0 Å². The van der Waals surface area contributed by atoms with Gasteiger partial charge in [0.1, 0.15) is 11.8 Å². The second-order valence-electron chi connectivity index (χ2n) is 2.80. The van der Waals surface area contributed by atoms with E-state index in [4.69, 9.17) is 19.7 Å². The summed E-state index contributed by atoms with van der Waals surface area (Å²) >= 11 is 0. The molecular weight excluding hydrogens is 184 g/mol. The van der Waals surface area contributed by atoms with Gasteiger partial charge in [0, 0.05) is 7.11 Å². The van der Waals surface area contributed by atoms with Crippen molar-refractivity contribution in [2.45, 2.75) is 6.04 Å². The van der Waals surface area contributed by atoms with Crippen LogP contribution in [-0.4, -0.2) is 26.9 Å². The van der Waals surface area contributed by atoms with E-state index < -0.39 is 0 Å². The number of methoxy groups -OCH3 is 1. The van der Waals surface area contributed by atoms with Gasteiger partial charge in [-0.15, -0.1) is 0 Å². The molecule has 1 unspecified atom stereocenters. The van der Waals surface area contributed by atoms with Crippen molar-refractivity contribution >= 4 is 0 Å². The SMILES string of the molecule is COCCOCC(NN)c1ccco1. The fourth-order valence-electron chi connectivity index (χ4n) is 1.05. The third-order valence-corrected chi connectivity index (χ3v) is 1.80. The van der Waals surface area contributed by atoms with Crippen molar-refractivity contribution in [3.63, 3.8) is 0 Å². The first-order chi connectivity index (χ1) is 6.88. The van der Waals surface area contributed by atoms with Crippen molar-refractivity contribution < 1.29 is 13.9 Å².